The molecule has 0 spiro atoms. The number of carboxylic acid groups (broad SMARTS) is 1. The number of allylic oxidation sites excluding steroid dienone is 2. The molecule has 258 valence electrons. The van der Waals surface area contributed by atoms with Crippen molar-refractivity contribution in [1.29, 1.82) is 0 Å². The number of unbranched alkanes of at least 4 members (excludes halogenated alkanes) is 1. The van der Waals surface area contributed by atoms with Gasteiger partial charge in [0.1, 0.15) is 0 Å². The van der Waals surface area contributed by atoms with Crippen LogP contribution in [-0.4, -0.2) is 68.1 Å². The number of rotatable bonds is 17. The molecule has 1 aliphatic carbocycles. The minimum atomic E-state index is -0.748. The van der Waals surface area contributed by atoms with E-state index in [-0.39, 0.29) is 55.4 Å². The highest BCUT2D eigenvalue weighted by Gasteiger charge is 2.45. The van der Waals surface area contributed by atoms with Gasteiger partial charge in [0, 0.05) is 43.5 Å². The average Bonchev–Trinajstić information content (AvgIpc) is 3.63. The van der Waals surface area contributed by atoms with E-state index in [0.29, 0.717) is 6.42 Å². The van der Waals surface area contributed by atoms with Crippen molar-refractivity contribution in [1.82, 2.24) is 0 Å². The van der Waals surface area contributed by atoms with Crippen LogP contribution < -0.4 is 0 Å². The second-order valence-corrected chi connectivity index (χ2v) is 15.6. The summed E-state index contributed by atoms with van der Waals surface area (Å²) >= 11 is 5.38. The first-order chi connectivity index (χ1) is 22.5. The third-order valence-corrected chi connectivity index (χ3v) is 11.1. The van der Waals surface area contributed by atoms with Crippen LogP contribution in [0.15, 0.2) is 40.2 Å². The highest BCUT2D eigenvalue weighted by Crippen LogP contribution is 2.42. The normalized spacial score (nSPS) is 31.5. The maximum atomic E-state index is 11.0. The molecule has 1 aromatic rings. The van der Waals surface area contributed by atoms with Gasteiger partial charge in [-0.1, -0.05) is 24.3 Å². The highest BCUT2D eigenvalue weighted by atomic mass is 79.9. The van der Waals surface area contributed by atoms with Gasteiger partial charge in [0.25, 0.3) is 0 Å². The number of aryl methyl sites for hydroxylation is 1. The first-order valence-electron chi connectivity index (χ1n) is 17.6. The van der Waals surface area contributed by atoms with Crippen molar-refractivity contribution in [2.45, 2.75) is 140 Å². The Morgan fingerprint density at radius 3 is 2.22 bits per heavy atom. The fourth-order valence-electron chi connectivity index (χ4n) is 6.98. The summed E-state index contributed by atoms with van der Waals surface area (Å²) in [6, 6.07) is 4.30. The molecule has 10 heteroatoms. The number of halogens is 1. The summed E-state index contributed by atoms with van der Waals surface area (Å²) in [6.07, 6.45) is 22.6. The quantitative estimate of drug-likeness (QED) is 0.126. The second-order valence-electron chi connectivity index (χ2n) is 13.0. The zero-order valence-corrected chi connectivity index (χ0v) is 29.5. The van der Waals surface area contributed by atoms with Gasteiger partial charge in [-0.25, -0.2) is 0 Å². The molecule has 4 aliphatic rings. The Kier molecular flexibility index (Phi) is 15.6. The van der Waals surface area contributed by atoms with E-state index in [2.05, 4.69) is 52.4 Å². The molecule has 3 aliphatic heterocycles. The van der Waals surface area contributed by atoms with Crippen LogP contribution in [0.1, 0.15) is 101 Å². The molecule has 1 saturated carbocycles. The van der Waals surface area contributed by atoms with Crippen molar-refractivity contribution >= 4 is 33.2 Å². The summed E-state index contributed by atoms with van der Waals surface area (Å²) in [5.41, 5.74) is 0. The monoisotopic (exact) mass is 724 g/mol. The number of hydrogen-bond acceptors (Lipinski definition) is 8. The van der Waals surface area contributed by atoms with Crippen molar-refractivity contribution < 1.29 is 38.3 Å². The van der Waals surface area contributed by atoms with Gasteiger partial charge in [-0.15, -0.1) is 11.3 Å². The number of carbonyl (C=O) groups is 1. The molecule has 4 fully saturated rings. The number of ether oxygens (including phenoxy) is 6. The number of aliphatic carboxylic acids is 1. The first kappa shape index (κ1) is 36.2. The fourth-order valence-corrected chi connectivity index (χ4v) is 8.48. The molecule has 5 rings (SSSR count). The van der Waals surface area contributed by atoms with E-state index in [0.717, 1.165) is 113 Å². The minimum absolute atomic E-state index is 0.0143. The number of carboxylic acids is 1. The highest BCUT2D eigenvalue weighted by molar-refractivity contribution is 9.11. The molecule has 3 saturated heterocycles. The topological polar surface area (TPSA) is 92.7 Å². The van der Waals surface area contributed by atoms with Crippen molar-refractivity contribution in [3.8, 4) is 0 Å². The molecule has 0 radical (unpaired) electrons. The van der Waals surface area contributed by atoms with E-state index >= 15 is 0 Å². The zero-order valence-electron chi connectivity index (χ0n) is 27.1. The van der Waals surface area contributed by atoms with Gasteiger partial charge < -0.3 is 33.5 Å². The van der Waals surface area contributed by atoms with Crippen molar-refractivity contribution in [2.24, 2.45) is 11.8 Å². The van der Waals surface area contributed by atoms with E-state index in [4.69, 9.17) is 33.5 Å². The maximum absolute atomic E-state index is 11.0. The van der Waals surface area contributed by atoms with Crippen molar-refractivity contribution in [2.75, 3.05) is 19.8 Å². The summed E-state index contributed by atoms with van der Waals surface area (Å²) in [5, 5.41) is 9.04. The lowest BCUT2D eigenvalue weighted by molar-refractivity contribution is -0.203. The third-order valence-electron chi connectivity index (χ3n) is 9.45. The molecule has 8 atom stereocenters. The van der Waals surface area contributed by atoms with Crippen LogP contribution in [0.5, 0.6) is 0 Å². The maximum Gasteiger partial charge on any atom is 0.303 e. The lowest BCUT2D eigenvalue weighted by atomic mass is 9.89. The van der Waals surface area contributed by atoms with Crippen LogP contribution in [0, 0.1) is 11.8 Å². The Labute approximate surface area is 287 Å². The summed E-state index contributed by atoms with van der Waals surface area (Å²) in [5.74, 6) is -0.453. The van der Waals surface area contributed by atoms with Gasteiger partial charge in [0.05, 0.1) is 22.1 Å². The molecule has 1 aromatic heterocycles. The predicted octanol–water partition coefficient (Wildman–Crippen LogP) is 8.57. The first-order valence-corrected chi connectivity index (χ1v) is 19.2. The molecule has 0 amide bonds. The largest absolute Gasteiger partial charge is 0.481 e. The van der Waals surface area contributed by atoms with E-state index in [9.17, 15) is 4.79 Å². The molecule has 0 aromatic carbocycles. The lowest BCUT2D eigenvalue weighted by Gasteiger charge is -2.30. The van der Waals surface area contributed by atoms with Crippen LogP contribution in [0.25, 0.3) is 0 Å². The number of thiophene rings is 1. The molecule has 3 unspecified atom stereocenters. The Morgan fingerprint density at radius 1 is 0.935 bits per heavy atom. The van der Waals surface area contributed by atoms with E-state index < -0.39 is 5.97 Å². The van der Waals surface area contributed by atoms with Gasteiger partial charge >= 0.3 is 5.97 Å². The third kappa shape index (κ3) is 12.1. The Hall–Kier alpha value is -1.11. The smallest absolute Gasteiger partial charge is 0.303 e. The molecule has 1 N–H and O–H groups in total. The van der Waals surface area contributed by atoms with Crippen LogP contribution in [0.3, 0.4) is 0 Å². The van der Waals surface area contributed by atoms with Crippen LogP contribution in [-0.2, 0) is 39.6 Å². The molecule has 4 heterocycles. The summed E-state index contributed by atoms with van der Waals surface area (Å²) < 4.78 is 39.3. The Morgan fingerprint density at radius 2 is 1.61 bits per heavy atom. The van der Waals surface area contributed by atoms with Gasteiger partial charge in [0.15, 0.2) is 18.9 Å². The second kappa shape index (κ2) is 19.8. The SMILES string of the molecule is O=C(O)CCCC=CC[C@@H]1[C@@H](C=C[C@H](CCc2ccc(Br)s2)OC2CCCCO2)[C@H](OC2CCCCO2)C[C@@H]1OC1CCCCO1. The Balaban J connectivity index is 1.34. The molecule has 0 bridgehead atoms. The van der Waals surface area contributed by atoms with Crippen molar-refractivity contribution in [3.63, 3.8) is 0 Å². The van der Waals surface area contributed by atoms with Crippen LogP contribution in [0.2, 0.25) is 0 Å². The molecule has 46 heavy (non-hydrogen) atoms. The van der Waals surface area contributed by atoms with Gasteiger partial charge in [-0.05, 0) is 124 Å². The van der Waals surface area contributed by atoms with Gasteiger partial charge in [-0.2, -0.15) is 0 Å². The average molecular weight is 726 g/mol. The number of hydrogen-bond donors (Lipinski definition) is 1. The van der Waals surface area contributed by atoms with Gasteiger partial charge in [0.2, 0.25) is 0 Å². The minimum Gasteiger partial charge on any atom is -0.481 e. The summed E-state index contributed by atoms with van der Waals surface area (Å²) in [7, 11) is 0. The van der Waals surface area contributed by atoms with Crippen LogP contribution >= 0.6 is 27.3 Å². The lowest BCUT2D eigenvalue weighted by Crippen LogP contribution is -2.31. The Bertz CT molecular complexity index is 1080. The van der Waals surface area contributed by atoms with Crippen molar-refractivity contribution in [3.05, 3.63) is 45.1 Å². The summed E-state index contributed by atoms with van der Waals surface area (Å²) in [6.45, 7) is 2.24. The summed E-state index contributed by atoms with van der Waals surface area (Å²) in [4.78, 5) is 12.3. The predicted molar refractivity (Wildman–Crippen MR) is 182 cm³/mol. The molecular formula is C36H53BrO8S. The standard InChI is InChI=1S/C36H53BrO8S/c37-32-21-19-27(46-32)18-16-26(43-34-13-5-8-22-40-34)17-20-29-28(11-3-1-2-4-12-33(38)39)30(44-35-14-6-9-23-41-35)25-31(29)45-36-15-7-10-24-42-36/h1,3,17,19-21,26,28-31,34-36H,2,4-16,18,22-25H2,(H,38,39)/t26-,28+,29+,30-,31+,34?,35?,36?/m0/s1. The zero-order chi connectivity index (χ0) is 32.0. The van der Waals surface area contributed by atoms with E-state index in [1.165, 1.54) is 4.88 Å². The van der Waals surface area contributed by atoms with Crippen LogP contribution in [0.4, 0.5) is 0 Å². The van der Waals surface area contributed by atoms with E-state index in [1.54, 1.807) is 11.3 Å². The molecule has 8 nitrogen and oxygen atoms in total. The fraction of sp³-hybridized carbons (Fsp3) is 0.750. The van der Waals surface area contributed by atoms with E-state index in [1.807, 2.05) is 0 Å². The molecular weight excluding hydrogens is 672 g/mol. The van der Waals surface area contributed by atoms with Gasteiger partial charge in [-0.3, -0.25) is 4.79 Å².